The van der Waals surface area contributed by atoms with Crippen LogP contribution in [0.15, 0.2) is 0 Å². The molecule has 2 saturated heterocycles. The SMILES string of the molecule is CC(C)C1NCC(=O)N1CC1CCN(C)C1. The number of carbonyl (C=O) groups excluding carboxylic acids is 1. The summed E-state index contributed by atoms with van der Waals surface area (Å²) in [7, 11) is 2.16. The maximum atomic E-state index is 11.8. The van der Waals surface area contributed by atoms with Gasteiger partial charge in [0.1, 0.15) is 0 Å². The van der Waals surface area contributed by atoms with Crippen LogP contribution in [0, 0.1) is 11.8 Å². The third-order valence-electron chi connectivity index (χ3n) is 3.69. The van der Waals surface area contributed by atoms with E-state index in [4.69, 9.17) is 0 Å². The second-order valence-electron chi connectivity index (χ2n) is 5.53. The molecule has 1 N–H and O–H groups in total. The summed E-state index contributed by atoms with van der Waals surface area (Å²) in [4.78, 5) is 16.2. The van der Waals surface area contributed by atoms with Gasteiger partial charge in [0.15, 0.2) is 0 Å². The highest BCUT2D eigenvalue weighted by atomic mass is 16.2. The van der Waals surface area contributed by atoms with Gasteiger partial charge in [-0.25, -0.2) is 0 Å². The van der Waals surface area contributed by atoms with E-state index in [2.05, 4.69) is 36.0 Å². The normalized spacial score (nSPS) is 32.0. The van der Waals surface area contributed by atoms with Crippen molar-refractivity contribution in [2.75, 3.05) is 33.2 Å². The first-order valence-electron chi connectivity index (χ1n) is 6.29. The lowest BCUT2D eigenvalue weighted by atomic mass is 10.1. The van der Waals surface area contributed by atoms with Gasteiger partial charge in [-0.1, -0.05) is 13.8 Å². The fourth-order valence-corrected chi connectivity index (χ4v) is 2.82. The highest BCUT2D eigenvalue weighted by Crippen LogP contribution is 2.20. The molecule has 0 aliphatic carbocycles. The molecule has 2 rings (SSSR count). The van der Waals surface area contributed by atoms with Crippen LogP contribution < -0.4 is 5.32 Å². The van der Waals surface area contributed by atoms with E-state index < -0.39 is 0 Å². The maximum Gasteiger partial charge on any atom is 0.237 e. The van der Waals surface area contributed by atoms with Gasteiger partial charge in [-0.05, 0) is 31.8 Å². The number of carbonyl (C=O) groups is 1. The molecule has 2 fully saturated rings. The summed E-state index contributed by atoms with van der Waals surface area (Å²) in [5.74, 6) is 1.42. The molecule has 0 saturated carbocycles. The van der Waals surface area contributed by atoms with E-state index in [0.717, 1.165) is 13.1 Å². The number of rotatable bonds is 3. The van der Waals surface area contributed by atoms with Crippen molar-refractivity contribution < 1.29 is 4.79 Å². The molecule has 0 spiro atoms. The molecule has 16 heavy (non-hydrogen) atoms. The zero-order valence-corrected chi connectivity index (χ0v) is 10.6. The minimum Gasteiger partial charge on any atom is -0.325 e. The summed E-state index contributed by atoms with van der Waals surface area (Å²) in [5.41, 5.74) is 0. The Morgan fingerprint density at radius 3 is 2.81 bits per heavy atom. The van der Waals surface area contributed by atoms with E-state index in [9.17, 15) is 4.79 Å². The minimum absolute atomic E-state index is 0.249. The Labute approximate surface area is 98.0 Å². The molecular weight excluding hydrogens is 202 g/mol. The molecule has 2 aliphatic heterocycles. The Balaban J connectivity index is 1.93. The quantitative estimate of drug-likeness (QED) is 0.753. The number of nitrogens with zero attached hydrogens (tertiary/aromatic N) is 2. The predicted octanol–water partition coefficient (Wildman–Crippen LogP) is 0.352. The fourth-order valence-electron chi connectivity index (χ4n) is 2.82. The van der Waals surface area contributed by atoms with Crippen LogP contribution in [-0.4, -0.2) is 55.1 Å². The average molecular weight is 225 g/mol. The van der Waals surface area contributed by atoms with Crippen molar-refractivity contribution in [1.29, 1.82) is 0 Å². The van der Waals surface area contributed by atoms with Gasteiger partial charge >= 0.3 is 0 Å². The monoisotopic (exact) mass is 225 g/mol. The van der Waals surface area contributed by atoms with Crippen molar-refractivity contribution in [3.8, 4) is 0 Å². The predicted molar refractivity (Wildman–Crippen MR) is 63.9 cm³/mol. The Morgan fingerprint density at radius 2 is 2.25 bits per heavy atom. The number of amides is 1. The average Bonchev–Trinajstić information content (AvgIpc) is 2.76. The van der Waals surface area contributed by atoms with Crippen molar-refractivity contribution in [3.05, 3.63) is 0 Å². The number of hydrogen-bond acceptors (Lipinski definition) is 3. The second-order valence-corrected chi connectivity index (χ2v) is 5.53. The molecule has 4 nitrogen and oxygen atoms in total. The molecule has 92 valence electrons. The van der Waals surface area contributed by atoms with E-state index in [1.54, 1.807) is 0 Å². The zero-order chi connectivity index (χ0) is 11.7. The highest BCUT2D eigenvalue weighted by Gasteiger charge is 2.34. The fraction of sp³-hybridized carbons (Fsp3) is 0.917. The second kappa shape index (κ2) is 4.72. The molecule has 2 heterocycles. The summed E-state index contributed by atoms with van der Waals surface area (Å²) in [6, 6.07) is 0. The van der Waals surface area contributed by atoms with Crippen molar-refractivity contribution in [3.63, 3.8) is 0 Å². The molecule has 2 aliphatic rings. The lowest BCUT2D eigenvalue weighted by Gasteiger charge is -2.29. The van der Waals surface area contributed by atoms with Crippen LogP contribution in [-0.2, 0) is 4.79 Å². The number of hydrogen-bond donors (Lipinski definition) is 1. The molecule has 2 unspecified atom stereocenters. The van der Waals surface area contributed by atoms with Crippen LogP contribution in [0.1, 0.15) is 20.3 Å². The minimum atomic E-state index is 0.249. The standard InChI is InChI=1S/C12H23N3O/c1-9(2)12-13-6-11(16)15(12)8-10-4-5-14(3)7-10/h9-10,12-13H,4-8H2,1-3H3. The van der Waals surface area contributed by atoms with Crippen molar-refractivity contribution in [2.24, 2.45) is 11.8 Å². The van der Waals surface area contributed by atoms with Gasteiger partial charge in [0.25, 0.3) is 0 Å². The first-order chi connectivity index (χ1) is 7.58. The van der Waals surface area contributed by atoms with Gasteiger partial charge in [0.2, 0.25) is 5.91 Å². The number of nitrogens with one attached hydrogen (secondary N) is 1. The molecule has 0 bridgehead atoms. The summed E-state index contributed by atoms with van der Waals surface area (Å²) in [6.45, 7) is 8.10. The Hall–Kier alpha value is -0.610. The van der Waals surface area contributed by atoms with Gasteiger partial charge < -0.3 is 9.80 Å². The topological polar surface area (TPSA) is 35.6 Å². The smallest absolute Gasteiger partial charge is 0.237 e. The van der Waals surface area contributed by atoms with Gasteiger partial charge in [-0.2, -0.15) is 0 Å². The lowest BCUT2D eigenvalue weighted by Crippen LogP contribution is -2.44. The molecule has 4 heteroatoms. The van der Waals surface area contributed by atoms with Crippen LogP contribution in [0.3, 0.4) is 0 Å². The molecule has 0 aromatic rings. The van der Waals surface area contributed by atoms with E-state index in [1.165, 1.54) is 13.0 Å². The van der Waals surface area contributed by atoms with E-state index >= 15 is 0 Å². The van der Waals surface area contributed by atoms with Crippen LogP contribution >= 0.6 is 0 Å². The van der Waals surface area contributed by atoms with Crippen LogP contribution in [0.5, 0.6) is 0 Å². The molecule has 0 radical (unpaired) electrons. The number of likely N-dealkylation sites (tertiary alicyclic amines) is 1. The van der Waals surface area contributed by atoms with Crippen molar-refractivity contribution in [1.82, 2.24) is 15.1 Å². The Bertz CT molecular complexity index is 267. The first-order valence-corrected chi connectivity index (χ1v) is 6.29. The van der Waals surface area contributed by atoms with Crippen LogP contribution in [0.4, 0.5) is 0 Å². The summed E-state index contributed by atoms with van der Waals surface area (Å²) in [6.07, 6.45) is 1.48. The van der Waals surface area contributed by atoms with Gasteiger partial charge in [0, 0.05) is 13.1 Å². The molecule has 2 atom stereocenters. The molecule has 0 aromatic heterocycles. The summed E-state index contributed by atoms with van der Waals surface area (Å²) < 4.78 is 0. The maximum absolute atomic E-state index is 11.8. The third-order valence-corrected chi connectivity index (χ3v) is 3.69. The Kier molecular flexibility index (Phi) is 3.50. The third kappa shape index (κ3) is 2.38. The van der Waals surface area contributed by atoms with Gasteiger partial charge in [-0.3, -0.25) is 10.1 Å². The van der Waals surface area contributed by atoms with Gasteiger partial charge in [-0.15, -0.1) is 0 Å². The molecule has 1 amide bonds. The van der Waals surface area contributed by atoms with Crippen molar-refractivity contribution in [2.45, 2.75) is 26.4 Å². The van der Waals surface area contributed by atoms with E-state index in [0.29, 0.717) is 18.4 Å². The largest absolute Gasteiger partial charge is 0.325 e. The first kappa shape index (κ1) is 11.9. The van der Waals surface area contributed by atoms with Crippen molar-refractivity contribution >= 4 is 5.91 Å². The highest BCUT2D eigenvalue weighted by molar-refractivity contribution is 5.80. The summed E-state index contributed by atoms with van der Waals surface area (Å²) >= 11 is 0. The van der Waals surface area contributed by atoms with E-state index in [1.807, 2.05) is 0 Å². The lowest BCUT2D eigenvalue weighted by molar-refractivity contribution is -0.129. The van der Waals surface area contributed by atoms with Crippen LogP contribution in [0.25, 0.3) is 0 Å². The molecule has 0 aromatic carbocycles. The van der Waals surface area contributed by atoms with Gasteiger partial charge in [0.05, 0.1) is 12.7 Å². The zero-order valence-electron chi connectivity index (χ0n) is 10.6. The Morgan fingerprint density at radius 1 is 1.50 bits per heavy atom. The van der Waals surface area contributed by atoms with Crippen LogP contribution in [0.2, 0.25) is 0 Å². The summed E-state index contributed by atoms with van der Waals surface area (Å²) in [5, 5.41) is 3.30. The van der Waals surface area contributed by atoms with E-state index in [-0.39, 0.29) is 12.1 Å². The molecular formula is C12H23N3O.